The first kappa shape index (κ1) is 31.8. The zero-order valence-electron chi connectivity index (χ0n) is 24.4. The molecule has 0 radical (unpaired) electrons. The third-order valence-corrected chi connectivity index (χ3v) is 7.30. The van der Waals surface area contributed by atoms with E-state index in [9.17, 15) is 29.4 Å². The highest BCUT2D eigenvalue weighted by Gasteiger charge is 2.32. The maximum Gasteiger partial charge on any atom is 0.326 e. The van der Waals surface area contributed by atoms with Crippen molar-refractivity contribution >= 4 is 34.6 Å². The minimum Gasteiger partial charge on any atom is -0.508 e. The molecule has 4 aromatic rings. The lowest BCUT2D eigenvalue weighted by atomic mass is 10.00. The van der Waals surface area contributed by atoms with E-state index in [-0.39, 0.29) is 30.9 Å². The van der Waals surface area contributed by atoms with Crippen LogP contribution in [0.4, 0.5) is 0 Å². The molecule has 2 aromatic heterocycles. The molecular weight excluding hydrogens is 566 g/mol. The number of carboxylic acid groups (broad SMARTS) is 1. The molecule has 0 saturated heterocycles. The van der Waals surface area contributed by atoms with Crippen LogP contribution in [-0.2, 0) is 38.4 Å². The number of H-pyrrole nitrogens is 2. The molecule has 13 heteroatoms. The van der Waals surface area contributed by atoms with Gasteiger partial charge in [-0.3, -0.25) is 14.4 Å². The molecule has 4 unspecified atom stereocenters. The molecular formula is C31H37N7O6. The average Bonchev–Trinajstić information content (AvgIpc) is 3.66. The summed E-state index contributed by atoms with van der Waals surface area (Å²) in [4.78, 5) is 62.1. The molecule has 44 heavy (non-hydrogen) atoms. The summed E-state index contributed by atoms with van der Waals surface area (Å²) >= 11 is 0. The molecule has 4 rings (SSSR count). The van der Waals surface area contributed by atoms with Crippen molar-refractivity contribution in [3.63, 3.8) is 0 Å². The van der Waals surface area contributed by atoms with E-state index >= 15 is 0 Å². The van der Waals surface area contributed by atoms with Gasteiger partial charge < -0.3 is 41.9 Å². The Morgan fingerprint density at radius 3 is 2.23 bits per heavy atom. The fourth-order valence-corrected chi connectivity index (χ4v) is 4.85. The lowest BCUT2D eigenvalue weighted by Crippen LogP contribution is -2.59. The van der Waals surface area contributed by atoms with Gasteiger partial charge in [0.2, 0.25) is 17.7 Å². The van der Waals surface area contributed by atoms with Gasteiger partial charge in [0.1, 0.15) is 23.9 Å². The fraction of sp³-hybridized carbons (Fsp3) is 0.323. The van der Waals surface area contributed by atoms with E-state index in [1.165, 1.54) is 24.7 Å². The molecule has 2 heterocycles. The summed E-state index contributed by atoms with van der Waals surface area (Å²) in [5.74, 6) is -3.42. The number of aliphatic carboxylic acids is 1. The lowest BCUT2D eigenvalue weighted by Gasteiger charge is -2.27. The number of aromatic amines is 2. The van der Waals surface area contributed by atoms with Crippen molar-refractivity contribution in [2.45, 2.75) is 57.3 Å². The topological polar surface area (TPSA) is 215 Å². The first-order valence-corrected chi connectivity index (χ1v) is 14.2. The predicted molar refractivity (Wildman–Crippen MR) is 162 cm³/mol. The van der Waals surface area contributed by atoms with E-state index in [2.05, 4.69) is 30.9 Å². The van der Waals surface area contributed by atoms with Crippen LogP contribution in [0.15, 0.2) is 67.3 Å². The van der Waals surface area contributed by atoms with Crippen LogP contribution in [0.3, 0.4) is 0 Å². The Kier molecular flexibility index (Phi) is 10.3. The molecule has 2 aromatic carbocycles. The summed E-state index contributed by atoms with van der Waals surface area (Å²) in [5, 5.41) is 28.2. The average molecular weight is 604 g/mol. The molecule has 0 fully saturated rings. The van der Waals surface area contributed by atoms with Crippen LogP contribution in [-0.4, -0.2) is 73.0 Å². The largest absolute Gasteiger partial charge is 0.508 e. The van der Waals surface area contributed by atoms with Gasteiger partial charge in [0.15, 0.2) is 0 Å². The summed E-state index contributed by atoms with van der Waals surface area (Å²) in [5.41, 5.74) is 8.93. The van der Waals surface area contributed by atoms with Crippen LogP contribution >= 0.6 is 0 Å². The number of phenolic OH excluding ortho intramolecular Hbond substituents is 1. The molecule has 0 bridgehead atoms. The van der Waals surface area contributed by atoms with Crippen molar-refractivity contribution in [2.75, 3.05) is 0 Å². The molecule has 3 amide bonds. The van der Waals surface area contributed by atoms with Crippen LogP contribution in [0.2, 0.25) is 0 Å². The highest BCUT2D eigenvalue weighted by Crippen LogP contribution is 2.19. The SMILES string of the molecule is CC(C)C(NC(=O)C(N)Cc1ccc(O)cc1)C(=O)NC(Cc1cnc[nH]1)C(=O)NC(Cc1c[nH]c2ccccc12)C(=O)O. The summed E-state index contributed by atoms with van der Waals surface area (Å²) in [6, 6.07) is 9.24. The number of hydrogen-bond acceptors (Lipinski definition) is 7. The number of carbonyl (C=O) groups excluding carboxylic acids is 3. The number of nitrogens with zero attached hydrogens (tertiary/aromatic N) is 1. The number of hydrogen-bond donors (Lipinski definition) is 8. The highest BCUT2D eigenvalue weighted by atomic mass is 16.4. The highest BCUT2D eigenvalue weighted by molar-refractivity contribution is 5.94. The minimum absolute atomic E-state index is 0.00384. The quantitative estimate of drug-likeness (QED) is 0.104. The first-order chi connectivity index (χ1) is 21.0. The molecule has 0 saturated carbocycles. The second kappa shape index (κ2) is 14.3. The van der Waals surface area contributed by atoms with Crippen LogP contribution in [0, 0.1) is 5.92 Å². The lowest BCUT2D eigenvalue weighted by molar-refractivity contribution is -0.142. The molecule has 232 valence electrons. The number of phenols is 1. The van der Waals surface area contributed by atoms with Crippen molar-refractivity contribution < 1.29 is 29.4 Å². The number of aromatic nitrogens is 3. The Morgan fingerprint density at radius 2 is 1.57 bits per heavy atom. The number of benzene rings is 2. The van der Waals surface area contributed by atoms with Gasteiger partial charge in [-0.25, -0.2) is 9.78 Å². The Balaban J connectivity index is 1.46. The predicted octanol–water partition coefficient (Wildman–Crippen LogP) is 1.15. The van der Waals surface area contributed by atoms with Crippen molar-refractivity contribution in [2.24, 2.45) is 11.7 Å². The van der Waals surface area contributed by atoms with Gasteiger partial charge in [-0.05, 0) is 41.7 Å². The first-order valence-electron chi connectivity index (χ1n) is 14.2. The fourth-order valence-electron chi connectivity index (χ4n) is 4.85. The van der Waals surface area contributed by atoms with Crippen LogP contribution < -0.4 is 21.7 Å². The van der Waals surface area contributed by atoms with Crippen LogP contribution in [0.1, 0.15) is 30.7 Å². The molecule has 0 aliphatic heterocycles. The van der Waals surface area contributed by atoms with Crippen molar-refractivity contribution in [3.8, 4) is 5.75 Å². The Hall–Kier alpha value is -5.17. The smallest absolute Gasteiger partial charge is 0.326 e. The van der Waals surface area contributed by atoms with Gasteiger partial charge in [-0.15, -0.1) is 0 Å². The van der Waals surface area contributed by atoms with Crippen molar-refractivity contribution in [3.05, 3.63) is 84.1 Å². The van der Waals surface area contributed by atoms with E-state index in [0.717, 1.165) is 16.5 Å². The summed E-state index contributed by atoms with van der Waals surface area (Å²) < 4.78 is 0. The van der Waals surface area contributed by atoms with Crippen molar-refractivity contribution in [1.82, 2.24) is 30.9 Å². The van der Waals surface area contributed by atoms with Gasteiger partial charge in [0.25, 0.3) is 0 Å². The van der Waals surface area contributed by atoms with Gasteiger partial charge in [-0.1, -0.05) is 44.2 Å². The van der Waals surface area contributed by atoms with E-state index < -0.39 is 47.9 Å². The second-order valence-electron chi connectivity index (χ2n) is 11.0. The van der Waals surface area contributed by atoms with Crippen LogP contribution in [0.5, 0.6) is 5.75 Å². The summed E-state index contributed by atoms with van der Waals surface area (Å²) in [6.07, 6.45) is 4.82. The van der Waals surface area contributed by atoms with E-state index in [0.29, 0.717) is 11.3 Å². The van der Waals surface area contributed by atoms with Gasteiger partial charge in [-0.2, -0.15) is 0 Å². The zero-order chi connectivity index (χ0) is 31.8. The number of aromatic hydroxyl groups is 1. The van der Waals surface area contributed by atoms with Crippen molar-refractivity contribution in [1.29, 1.82) is 0 Å². The molecule has 13 nitrogen and oxygen atoms in total. The summed E-state index contributed by atoms with van der Waals surface area (Å²) in [6.45, 7) is 3.48. The number of fused-ring (bicyclic) bond motifs is 1. The monoisotopic (exact) mass is 603 g/mol. The second-order valence-corrected chi connectivity index (χ2v) is 11.0. The number of carboxylic acids is 1. The maximum atomic E-state index is 13.5. The molecule has 0 aliphatic carbocycles. The number of nitrogens with two attached hydrogens (primary N) is 1. The van der Waals surface area contributed by atoms with Gasteiger partial charge in [0.05, 0.1) is 12.4 Å². The minimum atomic E-state index is -1.28. The molecule has 4 atom stereocenters. The maximum absolute atomic E-state index is 13.5. The number of rotatable bonds is 14. The molecule has 9 N–H and O–H groups in total. The Bertz CT molecular complexity index is 1580. The third kappa shape index (κ3) is 8.22. The third-order valence-electron chi connectivity index (χ3n) is 7.30. The number of nitrogens with one attached hydrogen (secondary N) is 5. The van der Waals surface area contributed by atoms with Crippen LogP contribution in [0.25, 0.3) is 10.9 Å². The Morgan fingerprint density at radius 1 is 0.864 bits per heavy atom. The molecule has 0 aliphatic rings. The van der Waals surface area contributed by atoms with Gasteiger partial charge >= 0.3 is 5.97 Å². The Labute approximate surface area is 253 Å². The van der Waals surface area contributed by atoms with E-state index in [4.69, 9.17) is 5.73 Å². The number of amides is 3. The van der Waals surface area contributed by atoms with Gasteiger partial charge in [0, 0.05) is 41.8 Å². The standard InChI is InChI=1S/C31H37N7O6/c1-17(2)27(38-28(40)23(32)11-18-7-9-21(39)10-8-18)30(42)36-25(13-20-15-33-16-35-20)29(41)37-26(31(43)44)12-19-14-34-24-6-4-3-5-22(19)24/h3-10,14-17,23,25-27,34,39H,11-13,32H2,1-2H3,(H,33,35)(H,36,42)(H,37,41)(H,38,40)(H,43,44). The normalized spacial score (nSPS) is 14.0. The van der Waals surface area contributed by atoms with E-state index in [1.807, 2.05) is 24.3 Å². The number of imidazole rings is 1. The molecule has 0 spiro atoms. The number of para-hydroxylation sites is 1. The van der Waals surface area contributed by atoms with E-state index in [1.54, 1.807) is 32.2 Å². The number of carbonyl (C=O) groups is 4. The summed E-state index contributed by atoms with van der Waals surface area (Å²) in [7, 11) is 0. The zero-order valence-corrected chi connectivity index (χ0v) is 24.4.